The van der Waals surface area contributed by atoms with Gasteiger partial charge in [-0.2, -0.15) is 8.78 Å². The van der Waals surface area contributed by atoms with Crippen LogP contribution in [0.15, 0.2) is 24.4 Å². The van der Waals surface area contributed by atoms with Gasteiger partial charge in [-0.1, -0.05) is 17.7 Å². The van der Waals surface area contributed by atoms with Crippen LogP contribution in [0.4, 0.5) is 8.78 Å². The van der Waals surface area contributed by atoms with E-state index in [4.69, 9.17) is 17.3 Å². The molecule has 0 fully saturated rings. The first-order chi connectivity index (χ1) is 7.63. The summed E-state index contributed by atoms with van der Waals surface area (Å²) in [6.07, 6.45) is 2.02. The van der Waals surface area contributed by atoms with Crippen LogP contribution in [0.3, 0.4) is 0 Å². The normalized spacial score (nSPS) is 11.6. The van der Waals surface area contributed by atoms with Crippen LogP contribution >= 0.6 is 11.6 Å². The lowest BCUT2D eigenvalue weighted by Gasteiger charge is -2.02. The van der Waals surface area contributed by atoms with Gasteiger partial charge in [0.25, 0.3) is 0 Å². The van der Waals surface area contributed by atoms with Crippen molar-refractivity contribution in [2.45, 2.75) is 13.0 Å². The molecule has 2 nitrogen and oxygen atoms in total. The van der Waals surface area contributed by atoms with E-state index in [2.05, 4.69) is 0 Å². The fourth-order valence-electron chi connectivity index (χ4n) is 1.81. The molecule has 0 saturated heterocycles. The van der Waals surface area contributed by atoms with Crippen molar-refractivity contribution in [1.29, 1.82) is 0 Å². The molecule has 0 spiro atoms. The Balaban J connectivity index is 2.66. The third-order valence-electron chi connectivity index (χ3n) is 2.50. The molecule has 0 atom stereocenters. The van der Waals surface area contributed by atoms with Crippen molar-refractivity contribution < 1.29 is 8.78 Å². The molecule has 0 aliphatic rings. The SMILES string of the molecule is NCCc1cn(C(F)F)c2cc(Cl)ccc12. The van der Waals surface area contributed by atoms with Crippen molar-refractivity contribution in [3.8, 4) is 0 Å². The van der Waals surface area contributed by atoms with E-state index in [0.29, 0.717) is 23.5 Å². The predicted molar refractivity (Wildman–Crippen MR) is 61.0 cm³/mol. The fourth-order valence-corrected chi connectivity index (χ4v) is 1.98. The Bertz CT molecular complexity index is 508. The van der Waals surface area contributed by atoms with Crippen LogP contribution in [0, 0.1) is 0 Å². The molecule has 2 N–H and O–H groups in total. The molecular weight excluding hydrogens is 234 g/mol. The average Bonchev–Trinajstić information content (AvgIpc) is 2.57. The van der Waals surface area contributed by atoms with Crippen LogP contribution in [0.2, 0.25) is 5.02 Å². The van der Waals surface area contributed by atoms with E-state index >= 15 is 0 Å². The second-order valence-corrected chi connectivity index (χ2v) is 3.98. The zero-order chi connectivity index (χ0) is 11.7. The fraction of sp³-hybridized carbons (Fsp3) is 0.273. The van der Waals surface area contributed by atoms with Crippen molar-refractivity contribution in [2.75, 3.05) is 6.54 Å². The molecule has 16 heavy (non-hydrogen) atoms. The zero-order valence-electron chi connectivity index (χ0n) is 8.46. The van der Waals surface area contributed by atoms with Gasteiger partial charge in [0.15, 0.2) is 0 Å². The van der Waals surface area contributed by atoms with Gasteiger partial charge >= 0.3 is 6.55 Å². The largest absolute Gasteiger partial charge is 0.330 e. The Kier molecular flexibility index (Phi) is 3.12. The van der Waals surface area contributed by atoms with Gasteiger partial charge in [-0.25, -0.2) is 0 Å². The summed E-state index contributed by atoms with van der Waals surface area (Å²) in [4.78, 5) is 0. The third kappa shape index (κ3) is 1.90. The molecule has 5 heteroatoms. The highest BCUT2D eigenvalue weighted by molar-refractivity contribution is 6.31. The van der Waals surface area contributed by atoms with Crippen LogP contribution in [-0.4, -0.2) is 11.1 Å². The molecule has 2 aromatic rings. The highest BCUT2D eigenvalue weighted by Crippen LogP contribution is 2.28. The Hall–Kier alpha value is -1.13. The van der Waals surface area contributed by atoms with Gasteiger partial charge in [-0.05, 0) is 30.7 Å². The summed E-state index contributed by atoms with van der Waals surface area (Å²) in [6.45, 7) is -2.13. The van der Waals surface area contributed by atoms with E-state index < -0.39 is 6.55 Å². The maximum absolute atomic E-state index is 12.8. The molecular formula is C11H11ClF2N2. The lowest BCUT2D eigenvalue weighted by Crippen LogP contribution is -2.02. The summed E-state index contributed by atoms with van der Waals surface area (Å²) in [5.74, 6) is 0. The van der Waals surface area contributed by atoms with Crippen LogP contribution in [0.25, 0.3) is 10.9 Å². The lowest BCUT2D eigenvalue weighted by atomic mass is 10.1. The number of nitrogens with two attached hydrogens (primary N) is 1. The minimum Gasteiger partial charge on any atom is -0.330 e. The Labute approximate surface area is 96.6 Å². The number of alkyl halides is 2. The first kappa shape index (κ1) is 11.4. The van der Waals surface area contributed by atoms with E-state index in [-0.39, 0.29) is 0 Å². The number of rotatable bonds is 3. The minimum atomic E-state index is -2.56. The lowest BCUT2D eigenvalue weighted by molar-refractivity contribution is 0.0751. The first-order valence-corrected chi connectivity index (χ1v) is 5.28. The molecule has 0 saturated carbocycles. The topological polar surface area (TPSA) is 30.9 Å². The van der Waals surface area contributed by atoms with E-state index in [1.54, 1.807) is 18.2 Å². The zero-order valence-corrected chi connectivity index (χ0v) is 9.22. The van der Waals surface area contributed by atoms with Crippen LogP contribution < -0.4 is 5.73 Å². The number of halogens is 3. The van der Waals surface area contributed by atoms with E-state index in [1.807, 2.05) is 0 Å². The minimum absolute atomic E-state index is 0.435. The van der Waals surface area contributed by atoms with E-state index in [9.17, 15) is 8.78 Å². The van der Waals surface area contributed by atoms with Gasteiger partial charge in [0.1, 0.15) is 0 Å². The molecule has 1 aromatic carbocycles. The molecule has 1 heterocycles. The molecule has 0 unspecified atom stereocenters. The van der Waals surface area contributed by atoms with Crippen molar-refractivity contribution in [1.82, 2.24) is 4.57 Å². The van der Waals surface area contributed by atoms with Gasteiger partial charge in [-0.3, -0.25) is 4.57 Å². The summed E-state index contributed by atoms with van der Waals surface area (Å²) < 4.78 is 26.5. The van der Waals surface area contributed by atoms with Crippen LogP contribution in [-0.2, 0) is 6.42 Å². The Morgan fingerprint density at radius 3 is 2.75 bits per heavy atom. The van der Waals surface area contributed by atoms with Gasteiger partial charge in [0, 0.05) is 16.6 Å². The number of nitrogens with zero attached hydrogens (tertiary/aromatic N) is 1. The van der Waals surface area contributed by atoms with E-state index in [1.165, 1.54) is 6.20 Å². The number of aromatic nitrogens is 1. The van der Waals surface area contributed by atoms with Crippen molar-refractivity contribution in [2.24, 2.45) is 5.73 Å². The summed E-state index contributed by atoms with van der Waals surface area (Å²) in [5.41, 5.74) is 6.72. The van der Waals surface area contributed by atoms with Crippen LogP contribution in [0.1, 0.15) is 12.1 Å². The smallest absolute Gasteiger partial charge is 0.319 e. The number of fused-ring (bicyclic) bond motifs is 1. The molecule has 0 aliphatic carbocycles. The second kappa shape index (κ2) is 4.39. The quantitative estimate of drug-likeness (QED) is 0.883. The van der Waals surface area contributed by atoms with Crippen molar-refractivity contribution >= 4 is 22.5 Å². The highest BCUT2D eigenvalue weighted by atomic mass is 35.5. The third-order valence-corrected chi connectivity index (χ3v) is 2.74. The monoisotopic (exact) mass is 244 g/mol. The summed E-state index contributed by atoms with van der Waals surface area (Å²) in [6, 6.07) is 4.99. The standard InChI is InChI=1S/C11H11ClF2N2/c12-8-1-2-9-7(3-4-15)6-16(11(13)14)10(9)5-8/h1-2,5-6,11H,3-4,15H2. The van der Waals surface area contributed by atoms with Crippen molar-refractivity contribution in [3.63, 3.8) is 0 Å². The summed E-state index contributed by atoms with van der Waals surface area (Å²) in [7, 11) is 0. The van der Waals surface area contributed by atoms with Crippen molar-refractivity contribution in [3.05, 3.63) is 35.0 Å². The molecule has 1 aromatic heterocycles. The molecule has 0 aliphatic heterocycles. The van der Waals surface area contributed by atoms with E-state index in [0.717, 1.165) is 15.5 Å². The van der Waals surface area contributed by atoms with Gasteiger partial charge in [0.2, 0.25) is 0 Å². The van der Waals surface area contributed by atoms with Gasteiger partial charge in [0.05, 0.1) is 5.52 Å². The molecule has 0 bridgehead atoms. The predicted octanol–water partition coefficient (Wildman–Crippen LogP) is 3.19. The van der Waals surface area contributed by atoms with Gasteiger partial charge < -0.3 is 5.73 Å². The van der Waals surface area contributed by atoms with Crippen LogP contribution in [0.5, 0.6) is 0 Å². The molecule has 0 radical (unpaired) electrons. The summed E-state index contributed by atoms with van der Waals surface area (Å²) in [5, 5.41) is 1.24. The second-order valence-electron chi connectivity index (χ2n) is 3.54. The molecule has 0 amide bonds. The average molecular weight is 245 g/mol. The highest BCUT2D eigenvalue weighted by Gasteiger charge is 2.14. The maximum atomic E-state index is 12.8. The number of hydrogen-bond acceptors (Lipinski definition) is 1. The maximum Gasteiger partial charge on any atom is 0.319 e. The molecule has 2 rings (SSSR count). The first-order valence-electron chi connectivity index (χ1n) is 4.90. The number of benzene rings is 1. The Morgan fingerprint density at radius 2 is 2.12 bits per heavy atom. The Morgan fingerprint density at radius 1 is 1.38 bits per heavy atom. The molecule has 86 valence electrons. The van der Waals surface area contributed by atoms with Gasteiger partial charge in [-0.15, -0.1) is 0 Å². The number of hydrogen-bond donors (Lipinski definition) is 1. The summed E-state index contributed by atoms with van der Waals surface area (Å²) >= 11 is 5.80.